The molecule has 0 spiro atoms. The normalized spacial score (nSPS) is 12.1. The molecule has 0 aliphatic rings. The number of aromatic nitrogens is 2. The zero-order valence-corrected chi connectivity index (χ0v) is 12.7. The zero-order chi connectivity index (χ0) is 15.7. The molecule has 3 N–H and O–H groups in total. The number of nitrogens with zero attached hydrogens (tertiary/aromatic N) is 2. The Morgan fingerprint density at radius 1 is 1.10 bits per heavy atom. The van der Waals surface area contributed by atoms with Crippen LogP contribution in [-0.2, 0) is 20.0 Å². The number of hydrogen-bond donors (Lipinski definition) is 2. The van der Waals surface area contributed by atoms with Gasteiger partial charge in [0.1, 0.15) is 5.15 Å². The summed E-state index contributed by atoms with van der Waals surface area (Å²) in [5.74, 6) is -0.0940. The molecular formula is C10H9ClN4O4S2. The molecule has 21 heavy (non-hydrogen) atoms. The average molecular weight is 349 g/mol. The molecule has 0 unspecified atom stereocenters. The van der Waals surface area contributed by atoms with Gasteiger partial charge in [-0.15, -0.1) is 0 Å². The third-order valence-electron chi connectivity index (χ3n) is 2.29. The predicted octanol–water partition coefficient (Wildman–Crippen LogP) is 0.578. The maximum absolute atomic E-state index is 12.1. The van der Waals surface area contributed by atoms with E-state index in [0.717, 1.165) is 12.3 Å². The van der Waals surface area contributed by atoms with Crippen molar-refractivity contribution in [1.29, 1.82) is 0 Å². The third kappa shape index (κ3) is 3.88. The van der Waals surface area contributed by atoms with Gasteiger partial charge in [-0.05, 0) is 18.2 Å². The minimum atomic E-state index is -4.04. The van der Waals surface area contributed by atoms with E-state index in [4.69, 9.17) is 16.7 Å². The Kier molecular flexibility index (Phi) is 4.14. The van der Waals surface area contributed by atoms with E-state index >= 15 is 0 Å². The van der Waals surface area contributed by atoms with Crippen molar-refractivity contribution < 1.29 is 16.8 Å². The van der Waals surface area contributed by atoms with Crippen LogP contribution in [-0.4, -0.2) is 26.8 Å². The molecule has 0 aliphatic heterocycles. The molecule has 1 heterocycles. The first kappa shape index (κ1) is 15.6. The van der Waals surface area contributed by atoms with Crippen LogP contribution in [0.2, 0.25) is 5.15 Å². The Hall–Kier alpha value is -1.75. The first-order chi connectivity index (χ1) is 9.68. The molecule has 0 fully saturated rings. The standard InChI is InChI=1S/C10H9ClN4O4S2/c11-9-5-13-6-10(14-9)15-21(18,19)8-3-1-2-7(4-8)20(12,16)17/h1-6H,(H,14,15)(H2,12,16,17). The average Bonchev–Trinajstić information content (AvgIpc) is 2.37. The fraction of sp³-hybridized carbons (Fsp3) is 0. The number of rotatable bonds is 4. The number of nitrogens with one attached hydrogen (secondary N) is 1. The highest BCUT2D eigenvalue weighted by Gasteiger charge is 2.18. The van der Waals surface area contributed by atoms with Gasteiger partial charge in [0.25, 0.3) is 10.0 Å². The molecule has 0 atom stereocenters. The summed E-state index contributed by atoms with van der Waals surface area (Å²) in [6.07, 6.45) is 2.40. The zero-order valence-electron chi connectivity index (χ0n) is 10.3. The van der Waals surface area contributed by atoms with E-state index in [2.05, 4.69) is 14.7 Å². The van der Waals surface area contributed by atoms with Crippen molar-refractivity contribution in [1.82, 2.24) is 9.97 Å². The van der Waals surface area contributed by atoms with Crippen LogP contribution in [0.3, 0.4) is 0 Å². The summed E-state index contributed by atoms with van der Waals surface area (Å²) in [6.45, 7) is 0. The van der Waals surface area contributed by atoms with Crippen LogP contribution in [0, 0.1) is 0 Å². The van der Waals surface area contributed by atoms with Crippen molar-refractivity contribution in [3.63, 3.8) is 0 Å². The van der Waals surface area contributed by atoms with Crippen molar-refractivity contribution in [2.75, 3.05) is 4.72 Å². The number of benzene rings is 1. The van der Waals surface area contributed by atoms with Gasteiger partial charge in [0.2, 0.25) is 10.0 Å². The smallest absolute Gasteiger partial charge is 0.262 e. The lowest BCUT2D eigenvalue weighted by Crippen LogP contribution is -2.16. The largest absolute Gasteiger partial charge is 0.263 e. The van der Waals surface area contributed by atoms with Gasteiger partial charge in [0.15, 0.2) is 5.82 Å². The number of hydrogen-bond acceptors (Lipinski definition) is 6. The van der Waals surface area contributed by atoms with Gasteiger partial charge >= 0.3 is 0 Å². The number of primary sulfonamides is 1. The molecule has 11 heteroatoms. The Morgan fingerprint density at radius 2 is 1.76 bits per heavy atom. The summed E-state index contributed by atoms with van der Waals surface area (Å²) in [4.78, 5) is 6.81. The quantitative estimate of drug-likeness (QED) is 0.830. The van der Waals surface area contributed by atoms with E-state index in [-0.39, 0.29) is 20.8 Å². The monoisotopic (exact) mass is 348 g/mol. The predicted molar refractivity (Wildman–Crippen MR) is 75.7 cm³/mol. The number of nitrogens with two attached hydrogens (primary N) is 1. The molecule has 1 aromatic heterocycles. The maximum Gasteiger partial charge on any atom is 0.263 e. The van der Waals surface area contributed by atoms with Gasteiger partial charge in [0.05, 0.1) is 22.2 Å². The Labute approximate surface area is 126 Å². The second-order valence-electron chi connectivity index (χ2n) is 3.85. The van der Waals surface area contributed by atoms with Crippen LogP contribution in [0.1, 0.15) is 0 Å². The molecule has 0 amide bonds. The molecule has 0 saturated carbocycles. The lowest BCUT2D eigenvalue weighted by molar-refractivity contribution is 0.597. The van der Waals surface area contributed by atoms with Crippen molar-refractivity contribution in [3.8, 4) is 0 Å². The highest BCUT2D eigenvalue weighted by molar-refractivity contribution is 7.92. The Balaban J connectivity index is 2.41. The summed E-state index contributed by atoms with van der Waals surface area (Å²) in [6, 6.07) is 4.61. The lowest BCUT2D eigenvalue weighted by atomic mass is 10.4. The molecule has 2 aromatic rings. The fourth-order valence-electron chi connectivity index (χ4n) is 1.41. The maximum atomic E-state index is 12.1. The van der Waals surface area contributed by atoms with Gasteiger partial charge in [0, 0.05) is 0 Å². The molecule has 0 bridgehead atoms. The highest BCUT2D eigenvalue weighted by Crippen LogP contribution is 2.18. The molecule has 0 saturated heterocycles. The number of anilines is 1. The molecule has 0 aliphatic carbocycles. The minimum absolute atomic E-state index is 0.00786. The third-order valence-corrected chi connectivity index (χ3v) is 4.73. The van der Waals surface area contributed by atoms with Crippen LogP contribution in [0.5, 0.6) is 0 Å². The van der Waals surface area contributed by atoms with E-state index in [1.807, 2.05) is 0 Å². The second-order valence-corrected chi connectivity index (χ2v) is 7.48. The van der Waals surface area contributed by atoms with Crippen LogP contribution >= 0.6 is 11.6 Å². The number of sulfonamides is 2. The lowest BCUT2D eigenvalue weighted by Gasteiger charge is -2.08. The topological polar surface area (TPSA) is 132 Å². The molecule has 1 aromatic carbocycles. The van der Waals surface area contributed by atoms with E-state index in [1.165, 1.54) is 24.4 Å². The van der Waals surface area contributed by atoms with Crippen molar-refractivity contribution in [2.45, 2.75) is 9.79 Å². The fourth-order valence-corrected chi connectivity index (χ4v) is 3.22. The van der Waals surface area contributed by atoms with E-state index in [9.17, 15) is 16.8 Å². The Bertz CT molecular complexity index is 883. The molecule has 112 valence electrons. The Morgan fingerprint density at radius 3 is 2.38 bits per heavy atom. The summed E-state index contributed by atoms with van der Waals surface area (Å²) in [5, 5.41) is 4.97. The second kappa shape index (κ2) is 5.56. The van der Waals surface area contributed by atoms with E-state index < -0.39 is 20.0 Å². The number of halogens is 1. The molecule has 8 nitrogen and oxygen atoms in total. The van der Waals surface area contributed by atoms with Crippen LogP contribution in [0.15, 0.2) is 46.5 Å². The highest BCUT2D eigenvalue weighted by atomic mass is 35.5. The van der Waals surface area contributed by atoms with Crippen molar-refractivity contribution in [2.24, 2.45) is 5.14 Å². The van der Waals surface area contributed by atoms with Crippen LogP contribution in [0.25, 0.3) is 0 Å². The van der Waals surface area contributed by atoms with Gasteiger partial charge in [-0.2, -0.15) is 0 Å². The van der Waals surface area contributed by atoms with Gasteiger partial charge in [-0.25, -0.2) is 27.0 Å². The van der Waals surface area contributed by atoms with Crippen LogP contribution < -0.4 is 9.86 Å². The summed E-state index contributed by atoms with van der Waals surface area (Å²) >= 11 is 5.60. The van der Waals surface area contributed by atoms with Crippen LogP contribution in [0.4, 0.5) is 5.82 Å². The first-order valence-corrected chi connectivity index (χ1v) is 8.72. The minimum Gasteiger partial charge on any atom is -0.262 e. The van der Waals surface area contributed by atoms with Crippen molar-refractivity contribution in [3.05, 3.63) is 41.8 Å². The van der Waals surface area contributed by atoms with Gasteiger partial charge in [-0.3, -0.25) is 9.71 Å². The molecule has 0 radical (unpaired) electrons. The SMILES string of the molecule is NS(=O)(=O)c1cccc(S(=O)(=O)Nc2cncc(Cl)n2)c1. The summed E-state index contributed by atoms with van der Waals surface area (Å²) < 4.78 is 48.9. The van der Waals surface area contributed by atoms with Crippen molar-refractivity contribution >= 4 is 37.5 Å². The van der Waals surface area contributed by atoms with Gasteiger partial charge < -0.3 is 0 Å². The van der Waals surface area contributed by atoms with E-state index in [1.54, 1.807) is 0 Å². The van der Waals surface area contributed by atoms with Gasteiger partial charge in [-0.1, -0.05) is 17.7 Å². The first-order valence-electron chi connectivity index (χ1n) is 5.32. The molecular weight excluding hydrogens is 340 g/mol. The summed E-state index contributed by atoms with van der Waals surface area (Å²) in [5.41, 5.74) is 0. The van der Waals surface area contributed by atoms with E-state index in [0.29, 0.717) is 0 Å². The summed E-state index contributed by atoms with van der Waals surface area (Å²) in [7, 11) is -8.05. The molecule has 2 rings (SSSR count).